The van der Waals surface area contributed by atoms with Crippen molar-refractivity contribution in [2.45, 2.75) is 12.7 Å². The predicted molar refractivity (Wildman–Crippen MR) is 114 cm³/mol. The van der Waals surface area contributed by atoms with E-state index < -0.39 is 17.6 Å². The maximum absolute atomic E-state index is 12.9. The zero-order valence-corrected chi connectivity index (χ0v) is 17.3. The van der Waals surface area contributed by atoms with Gasteiger partial charge in [-0.05, 0) is 35.4 Å². The molecule has 1 aromatic carbocycles. The van der Waals surface area contributed by atoms with Crippen molar-refractivity contribution in [2.24, 2.45) is 0 Å². The van der Waals surface area contributed by atoms with Crippen LogP contribution in [0.4, 0.5) is 13.2 Å². The van der Waals surface area contributed by atoms with Gasteiger partial charge in [0.25, 0.3) is 0 Å². The van der Waals surface area contributed by atoms with E-state index in [1.165, 1.54) is 12.3 Å². The molecular weight excluding hydrogens is 459 g/mol. The highest BCUT2D eigenvalue weighted by molar-refractivity contribution is 6.30. The van der Waals surface area contributed by atoms with Crippen molar-refractivity contribution in [1.82, 2.24) is 34.6 Å². The average molecular weight is 472 g/mol. The summed E-state index contributed by atoms with van der Waals surface area (Å²) in [5.41, 5.74) is 1.65. The molecule has 0 aliphatic carbocycles. The second-order valence-electron chi connectivity index (χ2n) is 7.12. The van der Waals surface area contributed by atoms with Gasteiger partial charge in [-0.1, -0.05) is 29.8 Å². The number of fused-ring (bicyclic) bond motifs is 1. The van der Waals surface area contributed by atoms with Crippen molar-refractivity contribution in [3.8, 4) is 22.4 Å². The predicted octanol–water partition coefficient (Wildman–Crippen LogP) is 4.06. The van der Waals surface area contributed by atoms with E-state index >= 15 is 0 Å². The van der Waals surface area contributed by atoms with Gasteiger partial charge in [0, 0.05) is 23.0 Å². The van der Waals surface area contributed by atoms with Crippen LogP contribution in [0.2, 0.25) is 5.02 Å². The van der Waals surface area contributed by atoms with Gasteiger partial charge < -0.3 is 0 Å². The lowest BCUT2D eigenvalue weighted by atomic mass is 10.0. The summed E-state index contributed by atoms with van der Waals surface area (Å²) in [4.78, 5) is 16.4. The largest absolute Gasteiger partial charge is 0.433 e. The van der Waals surface area contributed by atoms with Crippen LogP contribution in [-0.4, -0.2) is 34.6 Å². The maximum atomic E-state index is 12.9. The summed E-state index contributed by atoms with van der Waals surface area (Å²) in [7, 11) is 0. The van der Waals surface area contributed by atoms with E-state index in [1.807, 2.05) is 12.1 Å². The van der Waals surface area contributed by atoms with Crippen LogP contribution >= 0.6 is 11.6 Å². The Morgan fingerprint density at radius 2 is 1.82 bits per heavy atom. The molecule has 5 aromatic rings. The van der Waals surface area contributed by atoms with Gasteiger partial charge >= 0.3 is 11.9 Å². The molecule has 8 nitrogen and oxygen atoms in total. The van der Waals surface area contributed by atoms with E-state index in [2.05, 4.69) is 25.4 Å². The van der Waals surface area contributed by atoms with Crippen LogP contribution < -0.4 is 5.69 Å². The van der Waals surface area contributed by atoms with Gasteiger partial charge in [-0.3, -0.25) is 10.1 Å². The summed E-state index contributed by atoms with van der Waals surface area (Å²) in [5.74, 6) is 0. The minimum atomic E-state index is -4.54. The molecule has 166 valence electrons. The average Bonchev–Trinajstić information content (AvgIpc) is 3.42. The normalized spacial score (nSPS) is 11.9. The van der Waals surface area contributed by atoms with Crippen LogP contribution in [0.5, 0.6) is 0 Å². The summed E-state index contributed by atoms with van der Waals surface area (Å²) in [6.07, 6.45) is -0.298. The molecule has 5 rings (SSSR count). The molecule has 0 fully saturated rings. The summed E-state index contributed by atoms with van der Waals surface area (Å²) in [5, 5.41) is 16.2. The van der Waals surface area contributed by atoms with Gasteiger partial charge in [-0.15, -0.1) is 5.10 Å². The molecule has 0 spiro atoms. The highest BCUT2D eigenvalue weighted by atomic mass is 35.5. The Hall–Kier alpha value is -3.99. The fraction of sp³-hybridized carbons (Fsp3) is 0.0952. The number of hydrogen-bond acceptors (Lipinski definition) is 5. The Balaban J connectivity index is 1.63. The fourth-order valence-electron chi connectivity index (χ4n) is 3.42. The number of halogens is 4. The second kappa shape index (κ2) is 7.85. The number of nitrogens with one attached hydrogen (secondary N) is 1. The van der Waals surface area contributed by atoms with Gasteiger partial charge in [0.05, 0.1) is 24.0 Å². The van der Waals surface area contributed by atoms with Gasteiger partial charge in [-0.25, -0.2) is 9.48 Å². The standard InChI is InChI=1S/C21H13ClF3N7O/c22-14-4-2-13(3-5-14)15-10-28-32-19(18(15)16-7-8-27-29-16)30-31(20(32)33)11-12-1-6-17(26-9-12)21(23,24)25/h1-10H,11H2,(H,27,29). The Morgan fingerprint density at radius 3 is 2.45 bits per heavy atom. The molecule has 12 heteroatoms. The molecule has 1 N–H and O–H groups in total. The second-order valence-corrected chi connectivity index (χ2v) is 7.56. The number of pyridine rings is 1. The summed E-state index contributed by atoms with van der Waals surface area (Å²) < 4.78 is 40.6. The Bertz CT molecular complexity index is 1490. The van der Waals surface area contributed by atoms with Crippen LogP contribution in [0.15, 0.2) is 65.8 Å². The van der Waals surface area contributed by atoms with Crippen LogP contribution in [0.25, 0.3) is 28.0 Å². The first-order valence-electron chi connectivity index (χ1n) is 9.58. The zero-order chi connectivity index (χ0) is 23.2. The third-order valence-corrected chi connectivity index (χ3v) is 5.22. The molecule has 0 saturated carbocycles. The SMILES string of the molecule is O=c1n(Cc2ccc(C(F)(F)F)nc2)nc2c(-c3cc[nH]n3)c(-c3ccc(Cl)cc3)cnn12. The molecule has 33 heavy (non-hydrogen) atoms. The van der Waals surface area contributed by atoms with Crippen molar-refractivity contribution in [3.05, 3.63) is 87.8 Å². The lowest BCUT2D eigenvalue weighted by Crippen LogP contribution is -2.23. The number of hydrogen-bond donors (Lipinski definition) is 1. The van der Waals surface area contributed by atoms with Crippen LogP contribution in [0.1, 0.15) is 11.3 Å². The van der Waals surface area contributed by atoms with Gasteiger partial charge in [0.2, 0.25) is 0 Å². The first-order chi connectivity index (χ1) is 15.8. The molecule has 0 radical (unpaired) electrons. The summed E-state index contributed by atoms with van der Waals surface area (Å²) >= 11 is 6.01. The summed E-state index contributed by atoms with van der Waals surface area (Å²) in [6.45, 7) is -0.0797. The number of alkyl halides is 3. The topological polar surface area (TPSA) is 93.8 Å². The van der Waals surface area contributed by atoms with E-state index in [-0.39, 0.29) is 12.2 Å². The van der Waals surface area contributed by atoms with Gasteiger partial charge in [0.1, 0.15) is 5.69 Å². The minimum absolute atomic E-state index is 0.0797. The van der Waals surface area contributed by atoms with E-state index in [4.69, 9.17) is 11.6 Å². The molecule has 0 unspecified atom stereocenters. The molecule has 0 bridgehead atoms. The Labute approximate surface area is 188 Å². The number of benzene rings is 1. The number of aromatic amines is 1. The van der Waals surface area contributed by atoms with Crippen LogP contribution in [0, 0.1) is 0 Å². The van der Waals surface area contributed by atoms with Gasteiger partial charge in [0.15, 0.2) is 5.65 Å². The number of rotatable bonds is 4. The van der Waals surface area contributed by atoms with Crippen molar-refractivity contribution in [2.75, 3.05) is 0 Å². The first-order valence-corrected chi connectivity index (χ1v) is 9.96. The molecular formula is C21H13ClF3N7O. The van der Waals surface area contributed by atoms with E-state index in [1.54, 1.807) is 24.4 Å². The van der Waals surface area contributed by atoms with Crippen LogP contribution in [-0.2, 0) is 12.7 Å². The monoisotopic (exact) mass is 471 g/mol. The minimum Gasteiger partial charge on any atom is -0.285 e. The van der Waals surface area contributed by atoms with Crippen molar-refractivity contribution >= 4 is 17.2 Å². The van der Waals surface area contributed by atoms with Gasteiger partial charge in [-0.2, -0.15) is 27.9 Å². The van der Waals surface area contributed by atoms with E-state index in [0.29, 0.717) is 27.4 Å². The molecule has 0 aliphatic rings. The Morgan fingerprint density at radius 1 is 1.03 bits per heavy atom. The number of aromatic nitrogens is 7. The highest BCUT2D eigenvalue weighted by Crippen LogP contribution is 2.33. The third-order valence-electron chi connectivity index (χ3n) is 4.97. The molecule has 0 atom stereocenters. The number of H-pyrrole nitrogens is 1. The quantitative estimate of drug-likeness (QED) is 0.426. The molecule has 0 aliphatic heterocycles. The third kappa shape index (κ3) is 3.87. The lowest BCUT2D eigenvalue weighted by Gasteiger charge is -2.08. The molecule has 0 amide bonds. The zero-order valence-electron chi connectivity index (χ0n) is 16.6. The van der Waals surface area contributed by atoms with E-state index in [9.17, 15) is 18.0 Å². The number of nitrogens with zero attached hydrogens (tertiary/aromatic N) is 6. The van der Waals surface area contributed by atoms with E-state index in [0.717, 1.165) is 27.0 Å². The maximum Gasteiger partial charge on any atom is 0.433 e. The molecule has 4 heterocycles. The van der Waals surface area contributed by atoms with Crippen molar-refractivity contribution in [3.63, 3.8) is 0 Å². The first kappa shape index (κ1) is 20.9. The van der Waals surface area contributed by atoms with Crippen molar-refractivity contribution in [1.29, 1.82) is 0 Å². The fourth-order valence-corrected chi connectivity index (χ4v) is 3.55. The van der Waals surface area contributed by atoms with Crippen LogP contribution in [0.3, 0.4) is 0 Å². The summed E-state index contributed by atoms with van der Waals surface area (Å²) in [6, 6.07) is 11.0. The smallest absolute Gasteiger partial charge is 0.285 e. The van der Waals surface area contributed by atoms with Crippen molar-refractivity contribution < 1.29 is 13.2 Å². The highest BCUT2D eigenvalue weighted by Gasteiger charge is 2.32. The molecule has 4 aromatic heterocycles. The Kier molecular flexibility index (Phi) is 4.97. The lowest BCUT2D eigenvalue weighted by molar-refractivity contribution is -0.141. The molecule has 0 saturated heterocycles.